The first kappa shape index (κ1) is 15.9. The molecule has 0 radical (unpaired) electrons. The van der Waals surface area contributed by atoms with Crippen molar-refractivity contribution in [3.8, 4) is 0 Å². The minimum Gasteiger partial charge on any atom is -0.368 e. The van der Waals surface area contributed by atoms with E-state index in [0.717, 1.165) is 18.8 Å². The molecule has 0 bridgehead atoms. The van der Waals surface area contributed by atoms with Crippen LogP contribution in [-0.2, 0) is 13.0 Å². The van der Waals surface area contributed by atoms with Crippen molar-refractivity contribution in [3.63, 3.8) is 0 Å². The number of anilines is 2. The van der Waals surface area contributed by atoms with Gasteiger partial charge in [-0.3, -0.25) is 0 Å². The standard InChI is InChI=1S/C19H21N5/c1-15-6-5-9-17(12-15)13-21-19-23-18(14-22-24-19)20-11-10-16-7-3-2-4-8-16/h2-9,12,14H,10-11,13H2,1H3,(H2,20,21,23,24). The van der Waals surface area contributed by atoms with E-state index in [1.165, 1.54) is 16.7 Å². The van der Waals surface area contributed by atoms with Gasteiger partial charge in [0.05, 0.1) is 6.20 Å². The zero-order valence-electron chi connectivity index (χ0n) is 13.7. The average molecular weight is 319 g/mol. The molecule has 0 aliphatic rings. The molecular weight excluding hydrogens is 298 g/mol. The second-order valence-corrected chi connectivity index (χ2v) is 5.67. The maximum atomic E-state index is 4.45. The molecule has 0 aliphatic heterocycles. The largest absolute Gasteiger partial charge is 0.368 e. The molecule has 5 heteroatoms. The van der Waals surface area contributed by atoms with Gasteiger partial charge >= 0.3 is 0 Å². The molecule has 0 fully saturated rings. The summed E-state index contributed by atoms with van der Waals surface area (Å²) in [5.74, 6) is 1.26. The minimum atomic E-state index is 0.529. The Morgan fingerprint density at radius 2 is 1.75 bits per heavy atom. The van der Waals surface area contributed by atoms with Crippen molar-refractivity contribution in [2.24, 2.45) is 0 Å². The fraction of sp³-hybridized carbons (Fsp3) is 0.211. The third kappa shape index (κ3) is 4.78. The van der Waals surface area contributed by atoms with Gasteiger partial charge in [0, 0.05) is 13.1 Å². The van der Waals surface area contributed by atoms with Crippen LogP contribution in [0, 0.1) is 6.92 Å². The van der Waals surface area contributed by atoms with Gasteiger partial charge in [-0.25, -0.2) is 0 Å². The highest BCUT2D eigenvalue weighted by Crippen LogP contribution is 2.08. The zero-order chi connectivity index (χ0) is 16.6. The summed E-state index contributed by atoms with van der Waals surface area (Å²) in [5.41, 5.74) is 3.73. The van der Waals surface area contributed by atoms with Gasteiger partial charge in [0.1, 0.15) is 0 Å². The molecule has 122 valence electrons. The number of nitrogens with one attached hydrogen (secondary N) is 2. The fourth-order valence-corrected chi connectivity index (χ4v) is 2.45. The van der Waals surface area contributed by atoms with Gasteiger partial charge in [-0.15, -0.1) is 5.10 Å². The molecule has 0 spiro atoms. The predicted molar refractivity (Wildman–Crippen MR) is 97.0 cm³/mol. The summed E-state index contributed by atoms with van der Waals surface area (Å²) in [5, 5.41) is 14.5. The van der Waals surface area contributed by atoms with Crippen LogP contribution in [0.5, 0.6) is 0 Å². The summed E-state index contributed by atoms with van der Waals surface area (Å²) in [6.45, 7) is 3.57. The average Bonchev–Trinajstić information content (AvgIpc) is 2.61. The Balaban J connectivity index is 1.52. The van der Waals surface area contributed by atoms with Crippen molar-refractivity contribution in [2.45, 2.75) is 19.9 Å². The van der Waals surface area contributed by atoms with Gasteiger partial charge < -0.3 is 10.6 Å². The fourth-order valence-electron chi connectivity index (χ4n) is 2.45. The van der Waals surface area contributed by atoms with Crippen molar-refractivity contribution >= 4 is 11.8 Å². The monoisotopic (exact) mass is 319 g/mol. The molecule has 3 aromatic rings. The zero-order valence-corrected chi connectivity index (χ0v) is 13.7. The molecule has 24 heavy (non-hydrogen) atoms. The number of hydrogen-bond donors (Lipinski definition) is 2. The Bertz CT molecular complexity index is 773. The molecule has 0 aliphatic carbocycles. The first-order chi connectivity index (χ1) is 11.8. The van der Waals surface area contributed by atoms with Crippen LogP contribution in [0.3, 0.4) is 0 Å². The van der Waals surface area contributed by atoms with Crippen molar-refractivity contribution in [3.05, 3.63) is 77.5 Å². The van der Waals surface area contributed by atoms with Gasteiger partial charge in [-0.05, 0) is 24.5 Å². The van der Waals surface area contributed by atoms with Crippen LogP contribution in [-0.4, -0.2) is 21.7 Å². The summed E-state index contributed by atoms with van der Waals surface area (Å²) in [4.78, 5) is 4.45. The van der Waals surface area contributed by atoms with Gasteiger partial charge in [0.15, 0.2) is 5.82 Å². The van der Waals surface area contributed by atoms with Crippen molar-refractivity contribution < 1.29 is 0 Å². The molecule has 1 heterocycles. The Morgan fingerprint density at radius 3 is 2.58 bits per heavy atom. The maximum Gasteiger partial charge on any atom is 0.244 e. The normalized spacial score (nSPS) is 10.4. The molecule has 2 N–H and O–H groups in total. The van der Waals surface area contributed by atoms with Crippen molar-refractivity contribution in [1.29, 1.82) is 0 Å². The van der Waals surface area contributed by atoms with E-state index in [-0.39, 0.29) is 0 Å². The van der Waals surface area contributed by atoms with E-state index < -0.39 is 0 Å². The highest BCUT2D eigenvalue weighted by Gasteiger charge is 2.01. The summed E-state index contributed by atoms with van der Waals surface area (Å²) < 4.78 is 0. The van der Waals surface area contributed by atoms with E-state index >= 15 is 0 Å². The van der Waals surface area contributed by atoms with E-state index in [0.29, 0.717) is 12.5 Å². The molecule has 1 aromatic heterocycles. The molecule has 3 rings (SSSR count). The molecule has 0 saturated carbocycles. The van der Waals surface area contributed by atoms with Gasteiger partial charge in [0.25, 0.3) is 0 Å². The number of hydrogen-bond acceptors (Lipinski definition) is 5. The van der Waals surface area contributed by atoms with E-state index in [1.54, 1.807) is 6.20 Å². The SMILES string of the molecule is Cc1cccc(CNc2nncc(NCCc3ccccc3)n2)c1. The van der Waals surface area contributed by atoms with Gasteiger partial charge in [-0.2, -0.15) is 10.1 Å². The minimum absolute atomic E-state index is 0.529. The number of benzene rings is 2. The lowest BCUT2D eigenvalue weighted by molar-refractivity contribution is 0.928. The predicted octanol–water partition coefficient (Wildman–Crippen LogP) is 3.45. The molecule has 0 atom stereocenters. The molecule has 0 amide bonds. The summed E-state index contributed by atoms with van der Waals surface area (Å²) in [6.07, 6.45) is 2.58. The van der Waals surface area contributed by atoms with Crippen LogP contribution < -0.4 is 10.6 Å². The van der Waals surface area contributed by atoms with E-state index in [1.807, 2.05) is 12.1 Å². The van der Waals surface area contributed by atoms with E-state index in [2.05, 4.69) is 75.2 Å². The molecule has 2 aromatic carbocycles. The molecular formula is C19H21N5. The van der Waals surface area contributed by atoms with Gasteiger partial charge in [0.2, 0.25) is 5.95 Å². The Hall–Kier alpha value is -2.95. The summed E-state index contributed by atoms with van der Waals surface area (Å²) in [7, 11) is 0. The highest BCUT2D eigenvalue weighted by molar-refractivity contribution is 5.38. The second-order valence-electron chi connectivity index (χ2n) is 5.67. The van der Waals surface area contributed by atoms with Crippen LogP contribution in [0.1, 0.15) is 16.7 Å². The Labute approximate surface area is 142 Å². The third-order valence-corrected chi connectivity index (χ3v) is 3.65. The van der Waals surface area contributed by atoms with Crippen molar-refractivity contribution in [2.75, 3.05) is 17.2 Å². The smallest absolute Gasteiger partial charge is 0.244 e. The van der Waals surface area contributed by atoms with Crippen molar-refractivity contribution in [1.82, 2.24) is 15.2 Å². The number of nitrogens with zero attached hydrogens (tertiary/aromatic N) is 3. The molecule has 5 nitrogen and oxygen atoms in total. The van der Waals surface area contributed by atoms with E-state index in [4.69, 9.17) is 0 Å². The molecule has 0 unspecified atom stereocenters. The first-order valence-corrected chi connectivity index (χ1v) is 8.06. The van der Waals surface area contributed by atoms with E-state index in [9.17, 15) is 0 Å². The van der Waals surface area contributed by atoms with Crippen LogP contribution in [0.25, 0.3) is 0 Å². The quantitative estimate of drug-likeness (QED) is 0.698. The number of rotatable bonds is 7. The second kappa shape index (κ2) is 8.06. The summed E-state index contributed by atoms with van der Waals surface area (Å²) >= 11 is 0. The van der Waals surface area contributed by atoms with Crippen LogP contribution >= 0.6 is 0 Å². The third-order valence-electron chi connectivity index (χ3n) is 3.65. The number of aryl methyl sites for hydroxylation is 1. The lowest BCUT2D eigenvalue weighted by Gasteiger charge is -2.08. The molecule has 0 saturated heterocycles. The van der Waals surface area contributed by atoms with Gasteiger partial charge in [-0.1, -0.05) is 60.2 Å². The van der Waals surface area contributed by atoms with Crippen LogP contribution in [0.15, 0.2) is 60.8 Å². The van der Waals surface area contributed by atoms with Crippen LogP contribution in [0.4, 0.5) is 11.8 Å². The summed E-state index contributed by atoms with van der Waals surface area (Å²) in [6, 6.07) is 18.7. The topological polar surface area (TPSA) is 62.7 Å². The Kier molecular flexibility index (Phi) is 5.35. The lowest BCUT2D eigenvalue weighted by atomic mass is 10.1. The first-order valence-electron chi connectivity index (χ1n) is 8.06. The highest BCUT2D eigenvalue weighted by atomic mass is 15.3. The maximum absolute atomic E-state index is 4.45. The number of aromatic nitrogens is 3. The Morgan fingerprint density at radius 1 is 0.917 bits per heavy atom. The lowest BCUT2D eigenvalue weighted by Crippen LogP contribution is -2.10. The van der Waals surface area contributed by atoms with Crippen LogP contribution in [0.2, 0.25) is 0 Å².